The van der Waals surface area contributed by atoms with Crippen molar-refractivity contribution < 1.29 is 4.39 Å². The quantitative estimate of drug-likeness (QED) is 0.327. The molecule has 2 aromatic heterocycles. The van der Waals surface area contributed by atoms with Crippen molar-refractivity contribution in [2.24, 2.45) is 0 Å². The molecule has 0 amide bonds. The topological polar surface area (TPSA) is 47.8 Å². The molecule has 31 heavy (non-hydrogen) atoms. The highest BCUT2D eigenvalue weighted by Crippen LogP contribution is 2.32. The Kier molecular flexibility index (Phi) is 4.88. The number of nitrogens with zero attached hydrogens (tertiary/aromatic N) is 3. The van der Waals surface area contributed by atoms with Crippen LogP contribution in [0.5, 0.6) is 0 Å². The van der Waals surface area contributed by atoms with Gasteiger partial charge in [0.05, 0.1) is 10.7 Å². The first-order valence-corrected chi connectivity index (χ1v) is 10.7. The SMILES string of the molecule is Cc1cccc(Cl)c1-n1c(-c2ccccc2)nc2nc(-c3ccc(F)cc3)sc2c1=O. The molecule has 3 aromatic carbocycles. The van der Waals surface area contributed by atoms with Gasteiger partial charge in [0.2, 0.25) is 0 Å². The smallest absolute Gasteiger partial charge is 0.267 e. The number of fused-ring (bicyclic) bond motifs is 1. The van der Waals surface area contributed by atoms with E-state index in [0.29, 0.717) is 31.9 Å². The Hall–Kier alpha value is -3.35. The highest BCUT2D eigenvalue weighted by Gasteiger charge is 2.21. The van der Waals surface area contributed by atoms with Crippen molar-refractivity contribution in [2.75, 3.05) is 0 Å². The van der Waals surface area contributed by atoms with E-state index in [9.17, 15) is 9.18 Å². The van der Waals surface area contributed by atoms with Gasteiger partial charge in [-0.3, -0.25) is 9.36 Å². The van der Waals surface area contributed by atoms with Crippen molar-refractivity contribution in [1.29, 1.82) is 0 Å². The van der Waals surface area contributed by atoms with Gasteiger partial charge >= 0.3 is 0 Å². The molecule has 5 aromatic rings. The number of halogens is 2. The molecule has 0 unspecified atom stereocenters. The van der Waals surface area contributed by atoms with E-state index in [-0.39, 0.29) is 11.4 Å². The summed E-state index contributed by atoms with van der Waals surface area (Å²) in [6, 6.07) is 21.0. The molecule has 0 bridgehead atoms. The maximum atomic E-state index is 13.7. The van der Waals surface area contributed by atoms with E-state index in [1.807, 2.05) is 49.4 Å². The third kappa shape index (κ3) is 3.44. The molecule has 152 valence electrons. The van der Waals surface area contributed by atoms with Gasteiger partial charge in [-0.05, 0) is 42.8 Å². The monoisotopic (exact) mass is 447 g/mol. The van der Waals surface area contributed by atoms with Crippen LogP contribution >= 0.6 is 22.9 Å². The van der Waals surface area contributed by atoms with E-state index in [4.69, 9.17) is 16.6 Å². The molecule has 0 aliphatic heterocycles. The average molecular weight is 448 g/mol. The molecule has 2 heterocycles. The van der Waals surface area contributed by atoms with Gasteiger partial charge in [0.25, 0.3) is 5.56 Å². The Bertz CT molecular complexity index is 1460. The van der Waals surface area contributed by atoms with E-state index in [1.165, 1.54) is 23.5 Å². The van der Waals surface area contributed by atoms with E-state index < -0.39 is 0 Å². The number of benzene rings is 3. The third-order valence-electron chi connectivity index (χ3n) is 4.97. The first-order chi connectivity index (χ1) is 15.0. The van der Waals surface area contributed by atoms with Crippen LogP contribution < -0.4 is 5.56 Å². The number of aromatic nitrogens is 3. The van der Waals surface area contributed by atoms with Crippen LogP contribution in [-0.2, 0) is 0 Å². The minimum Gasteiger partial charge on any atom is -0.267 e. The first kappa shape index (κ1) is 19.6. The van der Waals surface area contributed by atoms with Crippen molar-refractivity contribution in [3.05, 3.63) is 99.6 Å². The van der Waals surface area contributed by atoms with Gasteiger partial charge in [0.15, 0.2) is 5.65 Å². The molecule has 0 atom stereocenters. The molecular weight excluding hydrogens is 433 g/mol. The van der Waals surface area contributed by atoms with Crippen LogP contribution in [0.4, 0.5) is 4.39 Å². The van der Waals surface area contributed by atoms with Crippen LogP contribution in [0, 0.1) is 12.7 Å². The van der Waals surface area contributed by atoms with Gasteiger partial charge in [0.1, 0.15) is 21.3 Å². The van der Waals surface area contributed by atoms with Crippen LogP contribution in [0.1, 0.15) is 5.56 Å². The lowest BCUT2D eigenvalue weighted by molar-refractivity contribution is 0.628. The Morgan fingerprint density at radius 3 is 2.35 bits per heavy atom. The third-order valence-corrected chi connectivity index (χ3v) is 6.35. The Morgan fingerprint density at radius 2 is 1.65 bits per heavy atom. The number of hydrogen-bond donors (Lipinski definition) is 0. The molecule has 0 saturated carbocycles. The fraction of sp³-hybridized carbons (Fsp3) is 0.0417. The van der Waals surface area contributed by atoms with Gasteiger partial charge in [-0.25, -0.2) is 14.4 Å². The molecule has 0 aliphatic rings. The summed E-state index contributed by atoms with van der Waals surface area (Å²) >= 11 is 7.76. The van der Waals surface area contributed by atoms with E-state index >= 15 is 0 Å². The van der Waals surface area contributed by atoms with Crippen LogP contribution in [0.3, 0.4) is 0 Å². The fourth-order valence-corrected chi connectivity index (χ4v) is 4.73. The summed E-state index contributed by atoms with van der Waals surface area (Å²) in [4.78, 5) is 23.0. The molecule has 5 rings (SSSR count). The average Bonchev–Trinajstić information content (AvgIpc) is 3.20. The van der Waals surface area contributed by atoms with Crippen molar-refractivity contribution in [1.82, 2.24) is 14.5 Å². The van der Waals surface area contributed by atoms with Gasteiger partial charge in [0, 0.05) is 11.1 Å². The summed E-state index contributed by atoms with van der Waals surface area (Å²) in [7, 11) is 0. The van der Waals surface area contributed by atoms with Crippen molar-refractivity contribution in [2.45, 2.75) is 6.92 Å². The predicted octanol–water partition coefficient (Wildman–Crippen LogP) is 6.28. The Labute approximate surface area is 186 Å². The number of aryl methyl sites for hydroxylation is 1. The highest BCUT2D eigenvalue weighted by molar-refractivity contribution is 7.21. The molecular formula is C24H15ClFN3OS. The number of hydrogen-bond acceptors (Lipinski definition) is 4. The lowest BCUT2D eigenvalue weighted by atomic mass is 10.1. The van der Waals surface area contributed by atoms with E-state index in [0.717, 1.165) is 16.7 Å². The van der Waals surface area contributed by atoms with Gasteiger partial charge in [-0.1, -0.05) is 54.1 Å². The van der Waals surface area contributed by atoms with Crippen molar-refractivity contribution in [3.8, 4) is 27.6 Å². The highest BCUT2D eigenvalue weighted by atomic mass is 35.5. The molecule has 0 N–H and O–H groups in total. The predicted molar refractivity (Wildman–Crippen MR) is 124 cm³/mol. The van der Waals surface area contributed by atoms with Crippen LogP contribution in [0.25, 0.3) is 38.0 Å². The van der Waals surface area contributed by atoms with Gasteiger partial charge in [-0.15, -0.1) is 11.3 Å². The summed E-state index contributed by atoms with van der Waals surface area (Å²) in [5.41, 5.74) is 3.07. The summed E-state index contributed by atoms with van der Waals surface area (Å²) in [6.07, 6.45) is 0. The molecule has 0 saturated heterocycles. The number of thiazole rings is 1. The molecule has 7 heteroatoms. The Morgan fingerprint density at radius 1 is 0.903 bits per heavy atom. The number of rotatable bonds is 3. The fourth-order valence-electron chi connectivity index (χ4n) is 3.49. The minimum absolute atomic E-state index is 0.245. The second kappa shape index (κ2) is 7.72. The zero-order valence-electron chi connectivity index (χ0n) is 16.3. The second-order valence-corrected chi connectivity index (χ2v) is 8.43. The summed E-state index contributed by atoms with van der Waals surface area (Å²) < 4.78 is 15.3. The maximum Gasteiger partial charge on any atom is 0.278 e. The van der Waals surface area contributed by atoms with Crippen molar-refractivity contribution in [3.63, 3.8) is 0 Å². The normalized spacial score (nSPS) is 11.2. The molecule has 0 radical (unpaired) electrons. The summed E-state index contributed by atoms with van der Waals surface area (Å²) in [6.45, 7) is 1.91. The largest absolute Gasteiger partial charge is 0.278 e. The maximum absolute atomic E-state index is 13.7. The summed E-state index contributed by atoms with van der Waals surface area (Å²) in [5, 5.41) is 1.07. The molecule has 0 aliphatic carbocycles. The zero-order chi connectivity index (χ0) is 21.5. The lowest BCUT2D eigenvalue weighted by Gasteiger charge is -2.15. The molecule has 0 fully saturated rings. The standard InChI is InChI=1S/C24H15ClFN3OS/c1-14-6-5-9-18(25)19(14)29-22(15-7-3-2-4-8-15)27-21-20(24(29)30)31-23(28-21)16-10-12-17(26)13-11-16/h2-13H,1H3. The first-order valence-electron chi connectivity index (χ1n) is 9.53. The summed E-state index contributed by atoms with van der Waals surface area (Å²) in [5.74, 6) is 0.135. The van der Waals surface area contributed by atoms with Gasteiger partial charge in [-0.2, -0.15) is 0 Å². The Balaban J connectivity index is 1.85. The molecule has 4 nitrogen and oxygen atoms in total. The number of para-hydroxylation sites is 1. The second-order valence-electron chi connectivity index (χ2n) is 7.03. The van der Waals surface area contributed by atoms with Crippen molar-refractivity contribution >= 4 is 33.3 Å². The lowest BCUT2D eigenvalue weighted by Crippen LogP contribution is -2.22. The van der Waals surface area contributed by atoms with E-state index in [1.54, 1.807) is 22.8 Å². The zero-order valence-corrected chi connectivity index (χ0v) is 17.9. The minimum atomic E-state index is -0.328. The molecule has 0 spiro atoms. The van der Waals surface area contributed by atoms with E-state index in [2.05, 4.69) is 4.98 Å². The van der Waals surface area contributed by atoms with Crippen LogP contribution in [0.2, 0.25) is 5.02 Å². The van der Waals surface area contributed by atoms with Crippen LogP contribution in [0.15, 0.2) is 77.6 Å². The van der Waals surface area contributed by atoms with Crippen LogP contribution in [-0.4, -0.2) is 14.5 Å². The van der Waals surface area contributed by atoms with Gasteiger partial charge < -0.3 is 0 Å².